The number of esters is 2. The smallest absolute Gasteiger partial charge is 0.343 e. The number of rotatable bonds is 7. The highest BCUT2D eigenvalue weighted by molar-refractivity contribution is 6.31. The van der Waals surface area contributed by atoms with Crippen LogP contribution in [-0.2, 0) is 0 Å². The third-order valence-electron chi connectivity index (χ3n) is 5.01. The molecule has 0 saturated carbocycles. The van der Waals surface area contributed by atoms with Crippen molar-refractivity contribution in [1.82, 2.24) is 5.43 Å². The summed E-state index contributed by atoms with van der Waals surface area (Å²) in [7, 11) is 0. The minimum Gasteiger partial charge on any atom is -0.423 e. The van der Waals surface area contributed by atoms with Gasteiger partial charge in [-0.2, -0.15) is 5.10 Å². The number of nitrogens with one attached hydrogen (secondary N) is 1. The third kappa shape index (κ3) is 7.20. The fourth-order valence-corrected chi connectivity index (χ4v) is 3.57. The van der Waals surface area contributed by atoms with Gasteiger partial charge >= 0.3 is 11.9 Å². The van der Waals surface area contributed by atoms with Crippen molar-refractivity contribution in [2.45, 2.75) is 0 Å². The second-order valence-electron chi connectivity index (χ2n) is 7.70. The van der Waals surface area contributed by atoms with Crippen molar-refractivity contribution in [3.63, 3.8) is 0 Å². The molecule has 0 atom stereocenters. The molecule has 0 unspecified atom stereocenters. The molecule has 0 fully saturated rings. The molecular weight excluding hydrogens is 551 g/mol. The Kier molecular flexibility index (Phi) is 8.76. The summed E-state index contributed by atoms with van der Waals surface area (Å²) in [4.78, 5) is 37.6. The Morgan fingerprint density at radius 3 is 1.87 bits per heavy atom. The standard InChI is InChI=1S/C28H17Cl3N2O5/c29-21-9-4-17(5-10-21)27(35)37-24-13-8-20(16-32-33-26(34)19-2-1-3-23(31)14-19)25(15-24)38-28(36)18-6-11-22(30)12-7-18/h1-16H,(H,33,34). The Hall–Kier alpha value is -4.17. The van der Waals surface area contributed by atoms with E-state index in [9.17, 15) is 14.4 Å². The second kappa shape index (κ2) is 12.4. The van der Waals surface area contributed by atoms with E-state index in [1.165, 1.54) is 54.7 Å². The van der Waals surface area contributed by atoms with Crippen LogP contribution >= 0.6 is 34.8 Å². The fraction of sp³-hybridized carbons (Fsp3) is 0. The zero-order valence-electron chi connectivity index (χ0n) is 19.4. The van der Waals surface area contributed by atoms with Crippen LogP contribution in [0, 0.1) is 0 Å². The highest BCUT2D eigenvalue weighted by Gasteiger charge is 2.15. The van der Waals surface area contributed by atoms with E-state index in [4.69, 9.17) is 44.3 Å². The van der Waals surface area contributed by atoms with Crippen molar-refractivity contribution in [2.75, 3.05) is 0 Å². The van der Waals surface area contributed by atoms with Crippen LogP contribution in [0.15, 0.2) is 96.1 Å². The van der Waals surface area contributed by atoms with Crippen molar-refractivity contribution < 1.29 is 23.9 Å². The predicted molar refractivity (Wildman–Crippen MR) is 146 cm³/mol. The molecule has 10 heteroatoms. The van der Waals surface area contributed by atoms with Crippen molar-refractivity contribution in [2.24, 2.45) is 5.10 Å². The molecule has 4 aromatic carbocycles. The summed E-state index contributed by atoms with van der Waals surface area (Å²) in [5, 5.41) is 5.29. The monoisotopic (exact) mass is 566 g/mol. The molecule has 0 spiro atoms. The van der Waals surface area contributed by atoms with Crippen LogP contribution in [0.2, 0.25) is 15.1 Å². The van der Waals surface area contributed by atoms with Gasteiger partial charge in [0.2, 0.25) is 0 Å². The van der Waals surface area contributed by atoms with E-state index in [0.717, 1.165) is 0 Å². The first-order valence-corrected chi connectivity index (χ1v) is 12.1. The molecule has 0 saturated heterocycles. The lowest BCUT2D eigenvalue weighted by Gasteiger charge is -2.11. The molecule has 0 aliphatic heterocycles. The molecule has 4 rings (SSSR count). The summed E-state index contributed by atoms with van der Waals surface area (Å²) < 4.78 is 11.0. The predicted octanol–water partition coefficient (Wildman–Crippen LogP) is 6.85. The molecular formula is C28H17Cl3N2O5. The van der Waals surface area contributed by atoms with Crippen LogP contribution in [-0.4, -0.2) is 24.1 Å². The van der Waals surface area contributed by atoms with Gasteiger partial charge in [0.25, 0.3) is 5.91 Å². The average Bonchev–Trinajstić information content (AvgIpc) is 2.90. The Labute approximate surface area is 232 Å². The van der Waals surface area contributed by atoms with Gasteiger partial charge in [0.05, 0.1) is 17.3 Å². The second-order valence-corrected chi connectivity index (χ2v) is 9.01. The molecule has 0 aliphatic rings. The summed E-state index contributed by atoms with van der Waals surface area (Å²) >= 11 is 17.7. The van der Waals surface area contributed by atoms with Crippen LogP contribution in [0.25, 0.3) is 0 Å². The van der Waals surface area contributed by atoms with Gasteiger partial charge < -0.3 is 9.47 Å². The number of amides is 1. The first-order chi connectivity index (χ1) is 18.3. The molecule has 0 aliphatic carbocycles. The van der Waals surface area contributed by atoms with Crippen molar-refractivity contribution in [1.29, 1.82) is 0 Å². The van der Waals surface area contributed by atoms with E-state index in [1.807, 2.05) is 0 Å². The highest BCUT2D eigenvalue weighted by atomic mass is 35.5. The van der Waals surface area contributed by atoms with E-state index in [-0.39, 0.29) is 22.6 Å². The maximum absolute atomic E-state index is 12.8. The molecule has 0 radical (unpaired) electrons. The summed E-state index contributed by atoms with van der Waals surface area (Å²) in [6.07, 6.45) is 1.29. The molecule has 190 valence electrons. The zero-order valence-corrected chi connectivity index (χ0v) is 21.6. The van der Waals surface area contributed by atoms with Gasteiger partial charge in [0, 0.05) is 32.3 Å². The van der Waals surface area contributed by atoms with Crippen molar-refractivity contribution in [3.8, 4) is 11.5 Å². The van der Waals surface area contributed by atoms with Gasteiger partial charge in [0.15, 0.2) is 0 Å². The summed E-state index contributed by atoms with van der Waals surface area (Å²) in [5.41, 5.74) is 3.55. The maximum Gasteiger partial charge on any atom is 0.343 e. The van der Waals surface area contributed by atoms with E-state index < -0.39 is 17.8 Å². The molecule has 38 heavy (non-hydrogen) atoms. The fourth-order valence-electron chi connectivity index (χ4n) is 3.12. The van der Waals surface area contributed by atoms with Gasteiger partial charge in [0.1, 0.15) is 11.5 Å². The number of nitrogens with zero attached hydrogens (tertiary/aromatic N) is 1. The lowest BCUT2D eigenvalue weighted by molar-refractivity contribution is 0.0732. The number of benzene rings is 4. The van der Waals surface area contributed by atoms with Gasteiger partial charge in [-0.05, 0) is 78.9 Å². The SMILES string of the molecule is O=C(NN=Cc1ccc(OC(=O)c2ccc(Cl)cc2)cc1OC(=O)c1ccc(Cl)cc1)c1cccc(Cl)c1. The maximum atomic E-state index is 12.8. The molecule has 0 aromatic heterocycles. The van der Waals surface area contributed by atoms with Crippen LogP contribution < -0.4 is 14.9 Å². The summed E-state index contributed by atoms with van der Waals surface area (Å²) in [6.45, 7) is 0. The number of carbonyl (C=O) groups excluding carboxylic acids is 3. The number of hydrogen-bond donors (Lipinski definition) is 1. The molecule has 4 aromatic rings. The minimum atomic E-state index is -0.680. The zero-order chi connectivity index (χ0) is 27.1. The lowest BCUT2D eigenvalue weighted by Crippen LogP contribution is -2.17. The largest absolute Gasteiger partial charge is 0.423 e. The van der Waals surface area contributed by atoms with E-state index in [2.05, 4.69) is 10.5 Å². The van der Waals surface area contributed by atoms with Gasteiger partial charge in [-0.25, -0.2) is 15.0 Å². The molecule has 0 bridgehead atoms. The first-order valence-electron chi connectivity index (χ1n) is 11.0. The van der Waals surface area contributed by atoms with E-state index >= 15 is 0 Å². The lowest BCUT2D eigenvalue weighted by atomic mass is 10.2. The third-order valence-corrected chi connectivity index (χ3v) is 5.75. The molecule has 1 amide bonds. The van der Waals surface area contributed by atoms with E-state index in [1.54, 1.807) is 42.5 Å². The number of carbonyl (C=O) groups is 3. The summed E-state index contributed by atoms with van der Waals surface area (Å²) in [6, 6.07) is 23.0. The number of halogens is 3. The quantitative estimate of drug-likeness (QED) is 0.114. The minimum absolute atomic E-state index is 0.0344. The Morgan fingerprint density at radius 1 is 0.658 bits per heavy atom. The molecule has 0 heterocycles. The van der Waals surface area contributed by atoms with Crippen LogP contribution in [0.4, 0.5) is 0 Å². The van der Waals surface area contributed by atoms with Crippen LogP contribution in [0.3, 0.4) is 0 Å². The molecule has 1 N–H and O–H groups in total. The molecule has 7 nitrogen and oxygen atoms in total. The highest BCUT2D eigenvalue weighted by Crippen LogP contribution is 2.26. The van der Waals surface area contributed by atoms with Gasteiger partial charge in [-0.1, -0.05) is 40.9 Å². The topological polar surface area (TPSA) is 94.1 Å². The average molecular weight is 568 g/mol. The summed E-state index contributed by atoms with van der Waals surface area (Å²) in [5.74, 6) is -1.65. The van der Waals surface area contributed by atoms with Crippen molar-refractivity contribution >= 4 is 58.9 Å². The number of ether oxygens (including phenoxy) is 2. The van der Waals surface area contributed by atoms with Crippen LogP contribution in [0.5, 0.6) is 11.5 Å². The number of hydrazone groups is 1. The Morgan fingerprint density at radius 2 is 1.26 bits per heavy atom. The van der Waals surface area contributed by atoms with E-state index in [0.29, 0.717) is 26.2 Å². The van der Waals surface area contributed by atoms with Gasteiger partial charge in [-0.3, -0.25) is 4.79 Å². The normalized spacial score (nSPS) is 10.7. The Balaban J connectivity index is 1.56. The van der Waals surface area contributed by atoms with Crippen LogP contribution in [0.1, 0.15) is 36.6 Å². The van der Waals surface area contributed by atoms with Crippen molar-refractivity contribution in [3.05, 3.63) is 128 Å². The Bertz CT molecular complexity index is 1520. The number of hydrogen-bond acceptors (Lipinski definition) is 6. The first kappa shape index (κ1) is 26.9. The van der Waals surface area contributed by atoms with Gasteiger partial charge in [-0.15, -0.1) is 0 Å².